The molecule has 19 heavy (non-hydrogen) atoms. The lowest BCUT2D eigenvalue weighted by atomic mass is 10.1. The fourth-order valence-corrected chi connectivity index (χ4v) is 2.33. The highest BCUT2D eigenvalue weighted by atomic mass is 32.1. The van der Waals surface area contributed by atoms with E-state index in [2.05, 4.69) is 4.98 Å². The molecule has 1 unspecified atom stereocenters. The lowest BCUT2D eigenvalue weighted by Gasteiger charge is -2.25. The van der Waals surface area contributed by atoms with Gasteiger partial charge in [0, 0.05) is 32.1 Å². The second kappa shape index (κ2) is 6.79. The summed E-state index contributed by atoms with van der Waals surface area (Å²) < 4.78 is 4.93. The van der Waals surface area contributed by atoms with Gasteiger partial charge in [0.2, 0.25) is 0 Å². The number of nitrogens with two attached hydrogens (primary N) is 1. The molecule has 0 saturated heterocycles. The standard InChI is InChI=1S/C13H21N3O2S/c1-8-5-11(12(13(14)19)9(2)15-8)16(3)6-10(17)7-18-4/h5,10,17H,6-7H2,1-4H3,(H2,14,19). The Bertz CT molecular complexity index is 465. The number of hydrogen-bond acceptors (Lipinski definition) is 5. The van der Waals surface area contributed by atoms with Gasteiger partial charge in [0.1, 0.15) is 4.99 Å². The van der Waals surface area contributed by atoms with Crippen molar-refractivity contribution in [2.45, 2.75) is 20.0 Å². The highest BCUT2D eigenvalue weighted by Crippen LogP contribution is 2.23. The summed E-state index contributed by atoms with van der Waals surface area (Å²) in [5, 5.41) is 9.80. The summed E-state index contributed by atoms with van der Waals surface area (Å²) in [5.41, 5.74) is 9.10. The SMILES string of the molecule is COCC(O)CN(C)c1cc(C)nc(C)c1C(N)=S. The van der Waals surface area contributed by atoms with Gasteiger partial charge in [-0.15, -0.1) is 0 Å². The van der Waals surface area contributed by atoms with E-state index in [0.717, 1.165) is 22.6 Å². The fraction of sp³-hybridized carbons (Fsp3) is 0.538. The van der Waals surface area contributed by atoms with Crippen LogP contribution in [0.5, 0.6) is 0 Å². The van der Waals surface area contributed by atoms with E-state index >= 15 is 0 Å². The van der Waals surface area contributed by atoms with E-state index in [4.69, 9.17) is 22.7 Å². The Morgan fingerprint density at radius 1 is 1.58 bits per heavy atom. The highest BCUT2D eigenvalue weighted by Gasteiger charge is 2.16. The Balaban J connectivity index is 3.07. The molecule has 0 radical (unpaired) electrons. The smallest absolute Gasteiger partial charge is 0.107 e. The molecule has 0 aliphatic carbocycles. The molecule has 5 nitrogen and oxygen atoms in total. The first-order valence-corrected chi connectivity index (χ1v) is 6.43. The Morgan fingerprint density at radius 3 is 2.74 bits per heavy atom. The normalized spacial score (nSPS) is 12.3. The van der Waals surface area contributed by atoms with Crippen LogP contribution in [0.15, 0.2) is 6.07 Å². The van der Waals surface area contributed by atoms with Crippen LogP contribution in [0.4, 0.5) is 5.69 Å². The van der Waals surface area contributed by atoms with Gasteiger partial charge in [-0.1, -0.05) is 12.2 Å². The number of likely N-dealkylation sites (N-methyl/N-ethyl adjacent to an activating group) is 1. The number of aromatic nitrogens is 1. The molecule has 0 aliphatic rings. The molecule has 1 aromatic heterocycles. The van der Waals surface area contributed by atoms with E-state index in [-0.39, 0.29) is 6.61 Å². The van der Waals surface area contributed by atoms with Gasteiger partial charge < -0.3 is 20.5 Å². The first-order chi connectivity index (χ1) is 8.86. The minimum Gasteiger partial charge on any atom is -0.389 e. The van der Waals surface area contributed by atoms with Crippen LogP contribution in [0, 0.1) is 13.8 Å². The summed E-state index contributed by atoms with van der Waals surface area (Å²) >= 11 is 5.09. The third-order valence-electron chi connectivity index (χ3n) is 2.81. The average molecular weight is 283 g/mol. The second-order valence-corrected chi connectivity index (χ2v) is 5.04. The number of hydrogen-bond donors (Lipinski definition) is 2. The van der Waals surface area contributed by atoms with Gasteiger partial charge in [-0.05, 0) is 19.9 Å². The van der Waals surface area contributed by atoms with Crippen molar-refractivity contribution in [1.82, 2.24) is 4.98 Å². The maximum Gasteiger partial charge on any atom is 0.107 e. The van der Waals surface area contributed by atoms with Gasteiger partial charge in [0.05, 0.1) is 24.0 Å². The highest BCUT2D eigenvalue weighted by molar-refractivity contribution is 7.80. The molecule has 6 heteroatoms. The van der Waals surface area contributed by atoms with Crippen LogP contribution >= 0.6 is 12.2 Å². The van der Waals surface area contributed by atoms with Crippen LogP contribution in [0.1, 0.15) is 17.0 Å². The molecule has 3 N–H and O–H groups in total. The van der Waals surface area contributed by atoms with E-state index in [1.165, 1.54) is 0 Å². The number of methoxy groups -OCH3 is 1. The molecule has 1 aromatic rings. The zero-order chi connectivity index (χ0) is 14.6. The monoisotopic (exact) mass is 283 g/mol. The number of thiocarbonyl (C=S) groups is 1. The zero-order valence-corrected chi connectivity index (χ0v) is 12.6. The molecule has 0 fully saturated rings. The molecular formula is C13H21N3O2S. The lowest BCUT2D eigenvalue weighted by Crippen LogP contribution is -2.33. The van der Waals surface area contributed by atoms with Crippen molar-refractivity contribution in [3.05, 3.63) is 23.0 Å². The number of aliphatic hydroxyl groups excluding tert-OH is 1. The van der Waals surface area contributed by atoms with Crippen LogP contribution in [0.2, 0.25) is 0 Å². The van der Waals surface area contributed by atoms with E-state index < -0.39 is 6.10 Å². The van der Waals surface area contributed by atoms with Crippen molar-refractivity contribution >= 4 is 22.9 Å². The van der Waals surface area contributed by atoms with Crippen molar-refractivity contribution in [3.8, 4) is 0 Å². The molecule has 0 aromatic carbocycles. The first kappa shape index (κ1) is 15.8. The van der Waals surface area contributed by atoms with Crippen molar-refractivity contribution in [2.24, 2.45) is 5.73 Å². The third-order valence-corrected chi connectivity index (χ3v) is 3.01. The number of nitrogens with zero attached hydrogens (tertiary/aromatic N) is 2. The third kappa shape index (κ3) is 4.12. The molecule has 0 bridgehead atoms. The van der Waals surface area contributed by atoms with Gasteiger partial charge in [0.25, 0.3) is 0 Å². The Kier molecular flexibility index (Phi) is 5.65. The minimum atomic E-state index is -0.567. The van der Waals surface area contributed by atoms with E-state index in [0.29, 0.717) is 11.5 Å². The minimum absolute atomic E-state index is 0.287. The van der Waals surface area contributed by atoms with Crippen LogP contribution in [0.3, 0.4) is 0 Å². The fourth-order valence-electron chi connectivity index (χ4n) is 2.07. The van der Waals surface area contributed by atoms with Gasteiger partial charge in [0.15, 0.2) is 0 Å². The van der Waals surface area contributed by atoms with Crippen molar-refractivity contribution in [2.75, 3.05) is 32.2 Å². The molecule has 0 aliphatic heterocycles. The van der Waals surface area contributed by atoms with Gasteiger partial charge in [-0.2, -0.15) is 0 Å². The molecular weight excluding hydrogens is 262 g/mol. The van der Waals surface area contributed by atoms with Gasteiger partial charge in [-0.3, -0.25) is 4.98 Å². The molecule has 1 heterocycles. The van der Waals surface area contributed by atoms with Crippen LogP contribution < -0.4 is 10.6 Å². The number of anilines is 1. The Morgan fingerprint density at radius 2 is 2.21 bits per heavy atom. The van der Waals surface area contributed by atoms with Crippen molar-refractivity contribution in [1.29, 1.82) is 0 Å². The van der Waals surface area contributed by atoms with Crippen LogP contribution in [-0.4, -0.2) is 48.5 Å². The summed E-state index contributed by atoms with van der Waals surface area (Å²) in [5.74, 6) is 0. The molecule has 1 rings (SSSR count). The van der Waals surface area contributed by atoms with Gasteiger partial charge in [-0.25, -0.2) is 0 Å². The number of rotatable bonds is 6. The summed E-state index contributed by atoms with van der Waals surface area (Å²) in [6.45, 7) is 4.52. The predicted octanol–water partition coefficient (Wildman–Crippen LogP) is 0.776. The lowest BCUT2D eigenvalue weighted by molar-refractivity contribution is 0.0695. The summed E-state index contributed by atoms with van der Waals surface area (Å²) in [7, 11) is 3.44. The van der Waals surface area contributed by atoms with Crippen molar-refractivity contribution < 1.29 is 9.84 Å². The number of aliphatic hydroxyl groups is 1. The summed E-state index contributed by atoms with van der Waals surface area (Å²) in [6.07, 6.45) is -0.567. The molecule has 0 saturated carbocycles. The Hall–Kier alpha value is -1.24. The topological polar surface area (TPSA) is 71.6 Å². The largest absolute Gasteiger partial charge is 0.389 e. The van der Waals surface area contributed by atoms with E-state index in [1.807, 2.05) is 31.9 Å². The maximum atomic E-state index is 9.80. The molecule has 106 valence electrons. The molecule has 0 amide bonds. The second-order valence-electron chi connectivity index (χ2n) is 4.60. The number of pyridine rings is 1. The van der Waals surface area contributed by atoms with Crippen molar-refractivity contribution in [3.63, 3.8) is 0 Å². The molecule has 1 atom stereocenters. The first-order valence-electron chi connectivity index (χ1n) is 6.03. The number of ether oxygens (including phenoxy) is 1. The van der Waals surface area contributed by atoms with E-state index in [9.17, 15) is 5.11 Å². The summed E-state index contributed by atoms with van der Waals surface area (Å²) in [6, 6.07) is 1.92. The maximum absolute atomic E-state index is 9.80. The van der Waals surface area contributed by atoms with Gasteiger partial charge >= 0.3 is 0 Å². The quantitative estimate of drug-likeness (QED) is 0.752. The van der Waals surface area contributed by atoms with E-state index in [1.54, 1.807) is 7.11 Å². The predicted molar refractivity (Wildman–Crippen MR) is 80.8 cm³/mol. The zero-order valence-electron chi connectivity index (χ0n) is 11.8. The van der Waals surface area contributed by atoms with Crippen LogP contribution in [-0.2, 0) is 4.74 Å². The molecule has 0 spiro atoms. The Labute approximate surface area is 119 Å². The average Bonchev–Trinajstić information content (AvgIpc) is 2.27. The van der Waals surface area contributed by atoms with Crippen LogP contribution in [0.25, 0.3) is 0 Å². The number of aryl methyl sites for hydroxylation is 2. The summed E-state index contributed by atoms with van der Waals surface area (Å²) in [4.78, 5) is 6.60.